The van der Waals surface area contributed by atoms with Crippen LogP contribution >= 0.6 is 0 Å². The normalized spacial score (nSPS) is 21.8. The number of aliphatic hydroxyl groups is 4. The molecule has 0 aliphatic carbocycles. The molecule has 12 bridgehead atoms. The topological polar surface area (TPSA) is 133 Å². The van der Waals surface area contributed by atoms with Crippen molar-refractivity contribution in [2.24, 2.45) is 0 Å². The second-order valence-electron chi connectivity index (χ2n) is 12.2. The van der Waals surface area contributed by atoms with Gasteiger partial charge in [-0.1, -0.05) is 12.1 Å². The molecule has 0 aromatic carbocycles. The summed E-state index contributed by atoms with van der Waals surface area (Å²) in [5, 5.41) is 41.1. The number of hydrogen-bond donors (Lipinski definition) is 4. The number of hydrogen-bond acceptors (Lipinski definition) is 14. The van der Waals surface area contributed by atoms with Crippen molar-refractivity contribution in [3.8, 4) is 0 Å². The fourth-order valence-corrected chi connectivity index (χ4v) is 5.93. The summed E-state index contributed by atoms with van der Waals surface area (Å²) in [6.45, 7) is 10.4. The van der Waals surface area contributed by atoms with Crippen molar-refractivity contribution in [1.29, 1.82) is 0 Å². The van der Waals surface area contributed by atoms with E-state index in [4.69, 9.17) is 9.97 Å². The number of nitrogens with zero attached hydrogens (tertiary/aromatic N) is 10. The van der Waals surface area contributed by atoms with Crippen molar-refractivity contribution in [2.75, 3.05) is 26.2 Å². The van der Waals surface area contributed by atoms with Gasteiger partial charge in [0, 0.05) is 97.1 Å². The molecule has 8 heterocycles. The molecule has 0 unspecified atom stereocenters. The monoisotopic (exact) mass is 840 g/mol. The first-order valence-electron chi connectivity index (χ1n) is 15.1. The standard InChI is InChI=1S/2C16H19N5O2.2Ag/c2*22-16(23)10-20-6-4-18(12-20)8-14-2-1-3-15(17-14)9-19-5-7-21(11-16)13-19;;/h2*1-7,12-13,22-23H,8-11H2;;/q2*-2;;. The molecule has 0 amide bonds. The Bertz CT molecular complexity index is 1320. The zero-order valence-electron chi connectivity index (χ0n) is 25.9. The van der Waals surface area contributed by atoms with Gasteiger partial charge in [-0.05, 0) is 73.9 Å². The van der Waals surface area contributed by atoms with Gasteiger partial charge < -0.3 is 59.6 Å². The van der Waals surface area contributed by atoms with E-state index < -0.39 is 11.6 Å². The van der Waals surface area contributed by atoms with Crippen LogP contribution in [0.3, 0.4) is 0 Å². The summed E-state index contributed by atoms with van der Waals surface area (Å²) >= 11 is 0. The zero-order chi connectivity index (χ0) is 31.7. The fourth-order valence-electron chi connectivity index (χ4n) is 5.93. The van der Waals surface area contributed by atoms with Crippen LogP contribution < -0.4 is 0 Å². The van der Waals surface area contributed by atoms with Crippen LogP contribution in [0.4, 0.5) is 0 Å². The Balaban J connectivity index is 0.000000180. The van der Waals surface area contributed by atoms with Crippen molar-refractivity contribution >= 4 is 0 Å². The molecule has 0 fully saturated rings. The van der Waals surface area contributed by atoms with E-state index >= 15 is 0 Å². The van der Waals surface area contributed by atoms with Crippen LogP contribution in [0.2, 0.25) is 0 Å². The SMILES string of the molecule is OC1(O)CN2C=CN([CH-]2)Cc2cccc(n2)CN2C=CN([CH-]2)C1.OC1(O)CN2C=CN([CH-]2)Cc2cccc(n2)CN2C=CN([CH-]2)C1.[Ag].[Ag]. The largest absolute Gasteiger partial charge is 0.504 e. The average Bonchev–Trinajstić information content (AvgIpc) is 3.79. The first kappa shape index (κ1) is 36.3. The van der Waals surface area contributed by atoms with Gasteiger partial charge in [0.05, 0.1) is 22.8 Å². The van der Waals surface area contributed by atoms with Gasteiger partial charge in [0.1, 0.15) is 0 Å². The molecule has 8 rings (SSSR count). The first-order chi connectivity index (χ1) is 22.1. The second-order valence-corrected chi connectivity index (χ2v) is 12.2. The van der Waals surface area contributed by atoms with E-state index in [0.29, 0.717) is 26.2 Å². The Morgan fingerprint density at radius 1 is 0.417 bits per heavy atom. The van der Waals surface area contributed by atoms with E-state index in [1.54, 1.807) is 19.6 Å². The van der Waals surface area contributed by atoms with Gasteiger partial charge in [0.15, 0.2) is 11.6 Å². The minimum Gasteiger partial charge on any atom is -0.504 e. The van der Waals surface area contributed by atoms with Crippen molar-refractivity contribution in [2.45, 2.75) is 37.8 Å². The third kappa shape index (κ3) is 9.57. The van der Waals surface area contributed by atoms with E-state index in [1.165, 1.54) is 0 Å². The van der Waals surface area contributed by atoms with Crippen LogP contribution in [0.1, 0.15) is 22.8 Å². The van der Waals surface area contributed by atoms with E-state index in [1.807, 2.05) is 132 Å². The van der Waals surface area contributed by atoms with Gasteiger partial charge in [-0.25, -0.2) is 0 Å². The Morgan fingerprint density at radius 3 is 0.896 bits per heavy atom. The Morgan fingerprint density at radius 2 is 0.646 bits per heavy atom. The Hall–Kier alpha value is -3.02. The minimum absolute atomic E-state index is 0. The molecule has 48 heavy (non-hydrogen) atoms. The van der Waals surface area contributed by atoms with Crippen LogP contribution in [0.15, 0.2) is 86.0 Å². The summed E-state index contributed by atoms with van der Waals surface area (Å²) in [4.78, 5) is 24.4. The fraction of sp³-hybridized carbons (Fsp3) is 0.312. The maximum Gasteiger partial charge on any atom is 0.193 e. The van der Waals surface area contributed by atoms with Gasteiger partial charge in [-0.15, -0.1) is 0 Å². The van der Waals surface area contributed by atoms with Gasteiger partial charge in [-0.2, -0.15) is 26.7 Å². The number of fused-ring (bicyclic) bond motifs is 12. The molecular formula is C32H38Ag2N10O4-4. The van der Waals surface area contributed by atoms with Gasteiger partial charge in [0.2, 0.25) is 0 Å². The third-order valence-electron chi connectivity index (χ3n) is 7.84. The van der Waals surface area contributed by atoms with Crippen LogP contribution in [0, 0.1) is 26.7 Å². The summed E-state index contributed by atoms with van der Waals surface area (Å²) in [5.74, 6) is -3.63. The molecule has 14 nitrogen and oxygen atoms in total. The van der Waals surface area contributed by atoms with E-state index in [9.17, 15) is 20.4 Å². The molecule has 6 aliphatic rings. The van der Waals surface area contributed by atoms with Crippen molar-refractivity contribution in [3.63, 3.8) is 0 Å². The predicted molar refractivity (Wildman–Crippen MR) is 166 cm³/mol. The molecular weight excluding hydrogens is 804 g/mol. The number of rotatable bonds is 0. The molecule has 0 saturated heterocycles. The van der Waals surface area contributed by atoms with Crippen molar-refractivity contribution in [1.82, 2.24) is 49.2 Å². The zero-order valence-corrected chi connectivity index (χ0v) is 28.9. The summed E-state index contributed by atoms with van der Waals surface area (Å²) in [7, 11) is 0. The van der Waals surface area contributed by atoms with Gasteiger partial charge in [0.25, 0.3) is 0 Å². The molecule has 16 heteroatoms. The van der Waals surface area contributed by atoms with E-state index in [2.05, 4.69) is 0 Å². The Labute approximate surface area is 312 Å². The summed E-state index contributed by atoms with van der Waals surface area (Å²) < 4.78 is 0. The predicted octanol–water partition coefficient (Wildman–Crippen LogP) is 0.380. The molecule has 266 valence electrons. The molecule has 0 atom stereocenters. The van der Waals surface area contributed by atoms with Crippen LogP contribution in [0.25, 0.3) is 0 Å². The quantitative estimate of drug-likeness (QED) is 0.166. The minimum atomic E-state index is -1.82. The number of pyridine rings is 2. The molecule has 0 spiro atoms. The summed E-state index contributed by atoms with van der Waals surface area (Å²) in [6.07, 6.45) is 15.0. The maximum atomic E-state index is 10.3. The third-order valence-corrected chi connectivity index (χ3v) is 7.84. The van der Waals surface area contributed by atoms with Gasteiger partial charge in [-0.3, -0.25) is 9.97 Å². The van der Waals surface area contributed by atoms with Crippen LogP contribution in [-0.2, 0) is 70.9 Å². The van der Waals surface area contributed by atoms with Gasteiger partial charge >= 0.3 is 0 Å². The average molecular weight is 842 g/mol. The first-order valence-corrected chi connectivity index (χ1v) is 15.1. The van der Waals surface area contributed by atoms with Crippen LogP contribution in [-0.4, -0.2) is 107 Å². The molecule has 2 radical (unpaired) electrons. The van der Waals surface area contributed by atoms with E-state index in [-0.39, 0.29) is 70.9 Å². The Kier molecular flexibility index (Phi) is 11.5. The maximum absolute atomic E-state index is 10.3. The van der Waals surface area contributed by atoms with Crippen molar-refractivity contribution < 1.29 is 65.2 Å². The molecule has 4 N–H and O–H groups in total. The molecule has 6 aliphatic heterocycles. The summed E-state index contributed by atoms with van der Waals surface area (Å²) in [5.41, 5.74) is 3.89. The summed E-state index contributed by atoms with van der Waals surface area (Å²) in [6, 6.07) is 12.0. The van der Waals surface area contributed by atoms with E-state index in [0.717, 1.165) is 22.8 Å². The van der Waals surface area contributed by atoms with Crippen molar-refractivity contribution in [3.05, 3.63) is 135 Å². The molecule has 2 aromatic rings. The smallest absolute Gasteiger partial charge is 0.193 e. The molecule has 0 saturated carbocycles. The van der Waals surface area contributed by atoms with Crippen LogP contribution in [0.5, 0.6) is 0 Å². The second kappa shape index (κ2) is 15.3. The molecule has 2 aromatic heterocycles. The number of aromatic nitrogens is 2.